The van der Waals surface area contributed by atoms with Crippen LogP contribution in [0.3, 0.4) is 0 Å². The summed E-state index contributed by atoms with van der Waals surface area (Å²) in [4.78, 5) is 4.12. The van der Waals surface area contributed by atoms with Gasteiger partial charge in [-0.25, -0.2) is 13.1 Å². The van der Waals surface area contributed by atoms with Gasteiger partial charge in [0.15, 0.2) is 17.5 Å². The van der Waals surface area contributed by atoms with Gasteiger partial charge in [-0.15, -0.1) is 11.3 Å². The fourth-order valence-corrected chi connectivity index (χ4v) is 4.77. The van der Waals surface area contributed by atoms with Gasteiger partial charge in [0.2, 0.25) is 10.0 Å². The molecule has 1 aromatic heterocycles. The third-order valence-electron chi connectivity index (χ3n) is 3.47. The molecule has 0 aliphatic rings. The summed E-state index contributed by atoms with van der Waals surface area (Å²) in [6.07, 6.45) is 0. The van der Waals surface area contributed by atoms with Crippen LogP contribution in [-0.2, 0) is 10.0 Å². The molecule has 11 heteroatoms. The van der Waals surface area contributed by atoms with Gasteiger partial charge < -0.3 is 20.1 Å². The van der Waals surface area contributed by atoms with Crippen LogP contribution in [0, 0.1) is 0 Å². The number of aliphatic imine (C=N–C) groups is 1. The van der Waals surface area contributed by atoms with Crippen LogP contribution in [0.15, 0.2) is 39.5 Å². The van der Waals surface area contributed by atoms with Crippen molar-refractivity contribution in [2.75, 3.05) is 39.2 Å². The number of guanidine groups is 1. The van der Waals surface area contributed by atoms with Gasteiger partial charge in [0, 0.05) is 31.9 Å². The predicted molar refractivity (Wildman–Crippen MR) is 114 cm³/mol. The van der Waals surface area contributed by atoms with E-state index in [9.17, 15) is 8.42 Å². The van der Waals surface area contributed by atoms with Crippen LogP contribution in [0.2, 0.25) is 4.34 Å². The molecule has 1 aromatic carbocycles. The normalized spacial score (nSPS) is 11.9. The van der Waals surface area contributed by atoms with Crippen LogP contribution < -0.4 is 24.8 Å². The maximum absolute atomic E-state index is 12.1. The Hall–Kier alpha value is -2.01. The summed E-state index contributed by atoms with van der Waals surface area (Å²) < 4.78 is 38.2. The van der Waals surface area contributed by atoms with Gasteiger partial charge in [0.25, 0.3) is 0 Å². The van der Waals surface area contributed by atoms with E-state index in [1.54, 1.807) is 32.4 Å². The molecule has 0 spiro atoms. The van der Waals surface area contributed by atoms with Crippen molar-refractivity contribution in [1.29, 1.82) is 0 Å². The summed E-state index contributed by atoms with van der Waals surface area (Å²) in [7, 11) is -0.374. The second-order valence-electron chi connectivity index (χ2n) is 5.38. The number of nitrogens with one attached hydrogen (secondary N) is 3. The summed E-state index contributed by atoms with van der Waals surface area (Å²) in [5.74, 6) is 1.75. The molecule has 28 heavy (non-hydrogen) atoms. The molecule has 0 radical (unpaired) electrons. The zero-order valence-electron chi connectivity index (χ0n) is 15.8. The Bertz CT molecular complexity index is 916. The first-order valence-electron chi connectivity index (χ1n) is 8.43. The number of hydrogen-bond donors (Lipinski definition) is 3. The van der Waals surface area contributed by atoms with Gasteiger partial charge in [0.1, 0.15) is 4.21 Å². The van der Waals surface area contributed by atoms with E-state index in [0.29, 0.717) is 34.9 Å². The number of thiophene rings is 1. The minimum Gasteiger partial charge on any atom is -0.493 e. The molecule has 0 aliphatic heterocycles. The number of anilines is 1. The van der Waals surface area contributed by atoms with E-state index < -0.39 is 10.0 Å². The third-order valence-corrected chi connectivity index (χ3v) is 6.66. The zero-order chi connectivity index (χ0) is 20.6. The first-order valence-corrected chi connectivity index (χ1v) is 11.1. The minimum absolute atomic E-state index is 0.182. The smallest absolute Gasteiger partial charge is 0.250 e. The van der Waals surface area contributed by atoms with Crippen LogP contribution in [0.25, 0.3) is 0 Å². The summed E-state index contributed by atoms with van der Waals surface area (Å²) in [6, 6.07) is 8.46. The Morgan fingerprint density at radius 2 is 2.00 bits per heavy atom. The van der Waals surface area contributed by atoms with Crippen LogP contribution >= 0.6 is 22.9 Å². The van der Waals surface area contributed by atoms with E-state index >= 15 is 0 Å². The van der Waals surface area contributed by atoms with Gasteiger partial charge in [-0.2, -0.15) is 0 Å². The zero-order valence-corrected chi connectivity index (χ0v) is 18.2. The van der Waals surface area contributed by atoms with Crippen LogP contribution in [0.1, 0.15) is 6.92 Å². The molecule has 1 heterocycles. The molecule has 0 saturated carbocycles. The van der Waals surface area contributed by atoms with Crippen molar-refractivity contribution in [1.82, 2.24) is 10.0 Å². The Labute approximate surface area is 174 Å². The number of methoxy groups -OCH3 is 1. The summed E-state index contributed by atoms with van der Waals surface area (Å²) in [6.45, 7) is 2.97. The van der Waals surface area contributed by atoms with Crippen molar-refractivity contribution < 1.29 is 17.9 Å². The number of ether oxygens (including phenoxy) is 2. The van der Waals surface area contributed by atoms with Crippen molar-refractivity contribution in [2.24, 2.45) is 4.99 Å². The van der Waals surface area contributed by atoms with Gasteiger partial charge in [-0.05, 0) is 31.2 Å². The lowest BCUT2D eigenvalue weighted by molar-refractivity contribution is 0.311. The highest BCUT2D eigenvalue weighted by Crippen LogP contribution is 2.30. The third kappa shape index (κ3) is 6.26. The number of halogens is 1. The summed E-state index contributed by atoms with van der Waals surface area (Å²) >= 11 is 6.80. The average Bonchev–Trinajstić information content (AvgIpc) is 3.12. The van der Waals surface area contributed by atoms with E-state index in [1.165, 1.54) is 6.07 Å². The first kappa shape index (κ1) is 22.3. The van der Waals surface area contributed by atoms with Gasteiger partial charge >= 0.3 is 0 Å². The molecule has 0 amide bonds. The highest BCUT2D eigenvalue weighted by Gasteiger charge is 2.15. The molecule has 0 saturated heterocycles. The molecule has 0 atom stereocenters. The maximum Gasteiger partial charge on any atom is 0.250 e. The molecule has 154 valence electrons. The standard InChI is InChI=1S/C17H23ClN4O4S2/c1-4-26-13-6-5-12(11-14(13)25-3)22-17(19-2)20-9-10-21-28(23,24)16-8-7-15(18)27-16/h5-8,11,21H,4,9-10H2,1-3H3,(H2,19,20,22). The molecule has 2 rings (SSSR count). The second kappa shape index (κ2) is 10.5. The Morgan fingerprint density at radius 3 is 2.61 bits per heavy atom. The fourth-order valence-electron chi connectivity index (χ4n) is 2.22. The lowest BCUT2D eigenvalue weighted by Gasteiger charge is -2.14. The maximum atomic E-state index is 12.1. The quantitative estimate of drug-likeness (QED) is 0.311. The van der Waals surface area contributed by atoms with E-state index in [1.807, 2.05) is 13.0 Å². The molecule has 2 aromatic rings. The molecule has 0 unspecified atom stereocenters. The van der Waals surface area contributed by atoms with Crippen molar-refractivity contribution >= 4 is 44.6 Å². The number of hydrogen-bond acceptors (Lipinski definition) is 6. The number of nitrogens with zero attached hydrogens (tertiary/aromatic N) is 1. The molecule has 8 nitrogen and oxygen atoms in total. The first-order chi connectivity index (χ1) is 13.4. The number of rotatable bonds is 9. The number of benzene rings is 1. The van der Waals surface area contributed by atoms with Crippen molar-refractivity contribution in [2.45, 2.75) is 11.1 Å². The monoisotopic (exact) mass is 446 g/mol. The highest BCUT2D eigenvalue weighted by molar-refractivity contribution is 7.91. The van der Waals surface area contributed by atoms with E-state index in [-0.39, 0.29) is 10.8 Å². The lowest BCUT2D eigenvalue weighted by Crippen LogP contribution is -2.37. The van der Waals surface area contributed by atoms with E-state index in [4.69, 9.17) is 21.1 Å². The molecular formula is C17H23ClN4O4S2. The Kier molecular flexibility index (Phi) is 8.36. The summed E-state index contributed by atoms with van der Waals surface area (Å²) in [5, 5.41) is 6.16. The van der Waals surface area contributed by atoms with Gasteiger partial charge in [0.05, 0.1) is 18.1 Å². The van der Waals surface area contributed by atoms with Crippen molar-refractivity contribution in [3.63, 3.8) is 0 Å². The molecule has 0 fully saturated rings. The van der Waals surface area contributed by atoms with Crippen molar-refractivity contribution in [3.05, 3.63) is 34.7 Å². The summed E-state index contributed by atoms with van der Waals surface area (Å²) in [5.41, 5.74) is 0.752. The van der Waals surface area contributed by atoms with Gasteiger partial charge in [-0.1, -0.05) is 11.6 Å². The Balaban J connectivity index is 1.88. The fraction of sp³-hybridized carbons (Fsp3) is 0.353. The van der Waals surface area contributed by atoms with Crippen molar-refractivity contribution in [3.8, 4) is 11.5 Å². The molecular weight excluding hydrogens is 424 g/mol. The van der Waals surface area contributed by atoms with Gasteiger partial charge in [-0.3, -0.25) is 4.99 Å². The Morgan fingerprint density at radius 1 is 1.21 bits per heavy atom. The number of sulfonamides is 1. The molecule has 0 aliphatic carbocycles. The van der Waals surface area contributed by atoms with Crippen LogP contribution in [-0.4, -0.2) is 48.2 Å². The minimum atomic E-state index is -3.57. The largest absolute Gasteiger partial charge is 0.493 e. The second-order valence-corrected chi connectivity index (χ2v) is 9.09. The van der Waals surface area contributed by atoms with Crippen LogP contribution in [0.4, 0.5) is 5.69 Å². The SMILES string of the molecule is CCOc1ccc(NC(=NC)NCCNS(=O)(=O)c2ccc(Cl)s2)cc1OC. The van der Waals surface area contributed by atoms with Crippen LogP contribution in [0.5, 0.6) is 11.5 Å². The average molecular weight is 447 g/mol. The molecule has 0 bridgehead atoms. The topological polar surface area (TPSA) is 101 Å². The lowest BCUT2D eigenvalue weighted by atomic mass is 10.2. The van der Waals surface area contributed by atoms with E-state index in [0.717, 1.165) is 17.0 Å². The predicted octanol–water partition coefficient (Wildman–Crippen LogP) is 2.77. The molecule has 3 N–H and O–H groups in total. The highest BCUT2D eigenvalue weighted by atomic mass is 35.5. The van der Waals surface area contributed by atoms with E-state index in [2.05, 4.69) is 20.3 Å².